The van der Waals surface area contributed by atoms with Crippen LogP contribution in [0.3, 0.4) is 0 Å². The second-order valence-electron chi connectivity index (χ2n) is 30.7. The highest BCUT2D eigenvalue weighted by molar-refractivity contribution is 6.33. The molecule has 19 rings (SSSR count). The van der Waals surface area contributed by atoms with E-state index in [2.05, 4.69) is 111 Å². The predicted molar refractivity (Wildman–Crippen MR) is 475 cm³/mol. The number of nitrogens with zero attached hydrogens (tertiary/aromatic N) is 6. The minimum Gasteiger partial charge on any atom is -0.269 e. The van der Waals surface area contributed by atoms with E-state index in [1.54, 1.807) is 74.5 Å². The summed E-state index contributed by atoms with van der Waals surface area (Å²) in [6.45, 7) is 7.58. The molecule has 0 N–H and O–H groups in total. The highest BCUT2D eigenvalue weighted by Crippen LogP contribution is 2.45. The Hall–Kier alpha value is -16.3. The fraction of sp³-hybridized carbons (Fsp3) is 0.0667. The van der Waals surface area contributed by atoms with Gasteiger partial charge in [-0.15, -0.1) is 0 Å². The number of hydrogen-bond acceptors (Lipinski definition) is 12. The number of carbonyl (C=O) groups excluding carboxylic acids is 12. The first-order valence-corrected chi connectivity index (χ1v) is 39.8. The van der Waals surface area contributed by atoms with Gasteiger partial charge in [-0.3, -0.25) is 57.5 Å². The summed E-state index contributed by atoms with van der Waals surface area (Å²) < 4.78 is 0. The maximum absolute atomic E-state index is 12.5. The van der Waals surface area contributed by atoms with Gasteiger partial charge < -0.3 is 0 Å². The molecule has 0 aromatic heterocycles. The zero-order valence-electron chi connectivity index (χ0n) is 66.9. The minimum absolute atomic E-state index is 0.183. The molecule has 18 nitrogen and oxygen atoms in total. The molecule has 6 heterocycles. The molecule has 6 aliphatic rings. The van der Waals surface area contributed by atoms with Crippen molar-refractivity contribution in [3.05, 3.63) is 431 Å². The second kappa shape index (κ2) is 32.5. The molecule has 0 spiro atoms. The van der Waals surface area contributed by atoms with Crippen LogP contribution < -0.4 is 29.4 Å². The van der Waals surface area contributed by atoms with Crippen LogP contribution in [0.5, 0.6) is 0 Å². The van der Waals surface area contributed by atoms with Crippen molar-refractivity contribution in [1.29, 1.82) is 0 Å². The zero-order valence-corrected chi connectivity index (χ0v) is 66.9. The summed E-state index contributed by atoms with van der Waals surface area (Å²) in [5.74, 6) is -4.34. The lowest BCUT2D eigenvalue weighted by Gasteiger charge is -2.33. The summed E-state index contributed by atoms with van der Waals surface area (Å²) in [6, 6.07) is 101. The quantitative estimate of drug-likeness (QED) is 0.0613. The number of rotatable bonds is 17. The van der Waals surface area contributed by atoms with Gasteiger partial charge in [-0.1, -0.05) is 224 Å². The first-order valence-electron chi connectivity index (χ1n) is 39.8. The van der Waals surface area contributed by atoms with Crippen LogP contribution in [0, 0.1) is 0 Å². The number of amides is 12. The predicted octanol–water partition coefficient (Wildman–Crippen LogP) is 17.9. The highest BCUT2D eigenvalue weighted by Gasteiger charge is 2.38. The molecule has 12 amide bonds. The number of anilines is 6. The summed E-state index contributed by atoms with van der Waals surface area (Å²) in [4.78, 5) is 154. The number of fused-ring (bicyclic) bond motifs is 2. The molecule has 0 bridgehead atoms. The third-order valence-electron chi connectivity index (χ3n) is 23.4. The van der Waals surface area contributed by atoms with Crippen LogP contribution in [0.15, 0.2) is 381 Å². The van der Waals surface area contributed by atoms with Crippen LogP contribution in [0.25, 0.3) is 43.8 Å². The standard InChI is InChI=1S/C42H28N2O4.C35H26N2O4.C28H20N2O4/c1-42(33-13-7-28(8-14-33)27-5-3-2-4-6-27,34-15-9-31-25-36(17-11-29(31)23-34)43-38(45)19-20-39(43)46)35-16-10-32-26-37(18-12-30(32)24-35)44-40(47)21-22-41(44)48;1-22-20-31(38)36(34(22)40)29-16-12-27(13-17-29)33(26-10-8-25(9-11-26)24-6-4-3-5-7-24)28-14-18-30(19-15-28)37-32(39)21-23(2)35(37)41;1-28(19-5-3-2-4-6-19,20-7-11-22(12-8-20)29-24(31)15-16-25(29)32)21-9-13-23(14-10-21)30-26(33)17-18-27(30)34/h2-26H,1H3;3-21,33H,1-2H3;2-18H,1H3. The van der Waals surface area contributed by atoms with E-state index in [4.69, 9.17) is 0 Å². The van der Waals surface area contributed by atoms with Gasteiger partial charge in [0.15, 0.2) is 0 Å². The van der Waals surface area contributed by atoms with Gasteiger partial charge in [0.2, 0.25) is 0 Å². The summed E-state index contributed by atoms with van der Waals surface area (Å²) >= 11 is 0. The zero-order chi connectivity index (χ0) is 85.5. The van der Waals surface area contributed by atoms with Gasteiger partial charge in [-0.05, 0) is 206 Å². The Morgan fingerprint density at radius 1 is 0.211 bits per heavy atom. The number of carbonyl (C=O) groups is 12. The largest absolute Gasteiger partial charge is 0.269 e. The fourth-order valence-electron chi connectivity index (χ4n) is 16.6. The van der Waals surface area contributed by atoms with Crippen molar-refractivity contribution in [3.63, 3.8) is 0 Å². The van der Waals surface area contributed by atoms with Crippen molar-refractivity contribution < 1.29 is 57.5 Å². The van der Waals surface area contributed by atoms with Gasteiger partial charge in [-0.2, -0.15) is 0 Å². The number of hydrogen-bond donors (Lipinski definition) is 0. The van der Waals surface area contributed by atoms with E-state index < -0.39 is 10.8 Å². The third-order valence-corrected chi connectivity index (χ3v) is 23.4. The average molecular weight is 1610 g/mol. The molecule has 596 valence electrons. The molecular weight excluding hydrogens is 1540 g/mol. The van der Waals surface area contributed by atoms with Crippen LogP contribution in [-0.4, -0.2) is 70.9 Å². The van der Waals surface area contributed by atoms with Crippen LogP contribution in [0.1, 0.15) is 83.7 Å². The molecule has 18 heteroatoms. The summed E-state index contributed by atoms with van der Waals surface area (Å²) in [5, 5.41) is 3.79. The summed E-state index contributed by atoms with van der Waals surface area (Å²) in [6.07, 6.45) is 12.9. The maximum Gasteiger partial charge on any atom is 0.261 e. The molecule has 123 heavy (non-hydrogen) atoms. The van der Waals surface area contributed by atoms with E-state index >= 15 is 0 Å². The Kier molecular flexibility index (Phi) is 20.9. The summed E-state index contributed by atoms with van der Waals surface area (Å²) in [5.41, 5.74) is 16.4. The Morgan fingerprint density at radius 2 is 0.439 bits per heavy atom. The van der Waals surface area contributed by atoms with E-state index in [1.165, 1.54) is 80.4 Å². The van der Waals surface area contributed by atoms with Crippen molar-refractivity contribution in [2.45, 2.75) is 44.4 Å². The number of imide groups is 6. The molecule has 0 aliphatic carbocycles. The lowest BCUT2D eigenvalue weighted by molar-refractivity contribution is -0.121. The third kappa shape index (κ3) is 14.9. The Bertz CT molecular complexity index is 6420. The van der Waals surface area contributed by atoms with Gasteiger partial charge >= 0.3 is 0 Å². The summed E-state index contributed by atoms with van der Waals surface area (Å²) in [7, 11) is 0. The monoisotopic (exact) mass is 1610 g/mol. The van der Waals surface area contributed by atoms with Crippen LogP contribution in [0.2, 0.25) is 0 Å². The molecule has 13 aromatic rings. The fourth-order valence-corrected chi connectivity index (χ4v) is 16.6. The average Bonchev–Trinajstić information content (AvgIpc) is 1.40. The lowest BCUT2D eigenvalue weighted by Crippen LogP contribution is -2.30. The van der Waals surface area contributed by atoms with Crippen molar-refractivity contribution in [2.75, 3.05) is 29.4 Å². The van der Waals surface area contributed by atoms with Crippen LogP contribution >= 0.6 is 0 Å². The van der Waals surface area contributed by atoms with E-state index in [0.717, 1.165) is 104 Å². The van der Waals surface area contributed by atoms with Gasteiger partial charge in [0, 0.05) is 88.7 Å². The molecule has 0 saturated carbocycles. The van der Waals surface area contributed by atoms with Crippen LogP contribution in [-0.2, 0) is 68.4 Å². The first-order chi connectivity index (χ1) is 59.5. The van der Waals surface area contributed by atoms with Crippen molar-refractivity contribution in [1.82, 2.24) is 0 Å². The smallest absolute Gasteiger partial charge is 0.261 e. The topological polar surface area (TPSA) is 224 Å². The maximum atomic E-state index is 12.5. The SMILES string of the molecule is CC(c1ccc(-c2ccccc2)cc1)(c1ccc2cc(N3C(=O)C=CC3=O)ccc2c1)c1ccc2cc(N3C(=O)C=CC3=O)ccc2c1.CC(c1ccccc1)(c1ccc(N2C(=O)C=CC2=O)cc1)c1ccc(N2C(=O)C=CC2=O)cc1.CC1=CC(=O)N(c2ccc(C(c3ccc(-c4ccccc4)cc3)c3ccc(N4C(=O)C=C(C)C4=O)cc3)cc2)C1=O. The Balaban J connectivity index is 0.000000133. The normalized spacial score (nSPS) is 15.1. The molecule has 13 aromatic carbocycles. The highest BCUT2D eigenvalue weighted by atomic mass is 16.2. The molecule has 0 radical (unpaired) electrons. The minimum atomic E-state index is -0.579. The van der Waals surface area contributed by atoms with Gasteiger partial charge in [0.25, 0.3) is 70.9 Å². The molecule has 0 unspecified atom stereocenters. The Labute approximate surface area is 707 Å². The second-order valence-corrected chi connectivity index (χ2v) is 30.7. The van der Waals surface area contributed by atoms with Crippen LogP contribution in [0.4, 0.5) is 34.1 Å². The molecule has 0 fully saturated rings. The van der Waals surface area contributed by atoms with E-state index in [-0.39, 0.29) is 76.8 Å². The Morgan fingerprint density at radius 3 is 0.764 bits per heavy atom. The van der Waals surface area contributed by atoms with Crippen molar-refractivity contribution >= 4 is 127 Å². The van der Waals surface area contributed by atoms with E-state index in [9.17, 15) is 57.5 Å². The lowest BCUT2D eigenvalue weighted by atomic mass is 9.70. The van der Waals surface area contributed by atoms with Gasteiger partial charge in [-0.25, -0.2) is 29.4 Å². The van der Waals surface area contributed by atoms with E-state index in [1.807, 2.05) is 152 Å². The van der Waals surface area contributed by atoms with Gasteiger partial charge in [0.05, 0.1) is 34.1 Å². The van der Waals surface area contributed by atoms with E-state index in [0.29, 0.717) is 45.3 Å². The molecule has 0 atom stereocenters. The van der Waals surface area contributed by atoms with Crippen molar-refractivity contribution in [2.24, 2.45) is 0 Å². The van der Waals surface area contributed by atoms with Gasteiger partial charge in [0.1, 0.15) is 0 Å². The number of benzene rings is 13. The molecular formula is C105H74N6O12. The van der Waals surface area contributed by atoms with Crippen molar-refractivity contribution in [3.8, 4) is 22.3 Å². The molecule has 6 aliphatic heterocycles. The first kappa shape index (κ1) is 79.1. The molecule has 0 saturated heterocycles.